The number of urea groups is 1. The zero-order valence-corrected chi connectivity index (χ0v) is 10.4. The molecule has 9 heteroatoms. The topological polar surface area (TPSA) is 128 Å². The number of nitrogens with zero attached hydrogens (tertiary/aromatic N) is 1. The Balaban J connectivity index is 2.59. The van der Waals surface area contributed by atoms with Crippen LogP contribution < -0.4 is 10.6 Å². The highest BCUT2D eigenvalue weighted by Gasteiger charge is 2.14. The van der Waals surface area contributed by atoms with Crippen molar-refractivity contribution >= 4 is 23.6 Å². The molecule has 3 amide bonds. The van der Waals surface area contributed by atoms with E-state index in [-0.39, 0.29) is 11.3 Å². The first-order valence-electron chi connectivity index (χ1n) is 5.37. The van der Waals surface area contributed by atoms with Crippen molar-refractivity contribution in [3.05, 3.63) is 39.9 Å². The van der Waals surface area contributed by atoms with Crippen LogP contribution in [0.4, 0.5) is 10.5 Å². The number of non-ortho nitro benzene ring substituents is 1. The Labute approximate surface area is 113 Å². The molecule has 0 atom stereocenters. The quantitative estimate of drug-likeness (QED) is 0.461. The van der Waals surface area contributed by atoms with Crippen LogP contribution in [0.2, 0.25) is 0 Å². The maximum Gasteiger partial charge on any atom is 0.338 e. The molecule has 9 nitrogen and oxygen atoms in total. The number of hydrogen-bond acceptors (Lipinski definition) is 6. The molecule has 0 aromatic heterocycles. The molecule has 0 aliphatic rings. The molecule has 0 fully saturated rings. The van der Waals surface area contributed by atoms with Gasteiger partial charge in [-0.1, -0.05) is 6.07 Å². The zero-order chi connectivity index (χ0) is 15.1. The molecule has 0 heterocycles. The highest BCUT2D eigenvalue weighted by Crippen LogP contribution is 2.13. The van der Waals surface area contributed by atoms with Gasteiger partial charge in [-0.05, 0) is 6.07 Å². The molecule has 0 saturated heterocycles. The summed E-state index contributed by atoms with van der Waals surface area (Å²) in [4.78, 5) is 43.4. The number of ether oxygens (including phenoxy) is 1. The molecule has 0 saturated carbocycles. The highest BCUT2D eigenvalue weighted by molar-refractivity contribution is 5.97. The number of hydrogen-bond donors (Lipinski definition) is 2. The molecule has 1 aromatic rings. The van der Waals surface area contributed by atoms with Gasteiger partial charge in [0.2, 0.25) is 0 Å². The number of benzene rings is 1. The van der Waals surface area contributed by atoms with Crippen molar-refractivity contribution in [2.24, 2.45) is 0 Å². The average Bonchev–Trinajstić information content (AvgIpc) is 2.44. The van der Waals surface area contributed by atoms with Crippen LogP contribution in [-0.4, -0.2) is 36.5 Å². The fourth-order valence-corrected chi connectivity index (χ4v) is 1.19. The van der Waals surface area contributed by atoms with Crippen molar-refractivity contribution < 1.29 is 24.0 Å². The van der Waals surface area contributed by atoms with E-state index >= 15 is 0 Å². The van der Waals surface area contributed by atoms with Crippen LogP contribution >= 0.6 is 0 Å². The van der Waals surface area contributed by atoms with Gasteiger partial charge in [-0.3, -0.25) is 20.2 Å². The smallest absolute Gasteiger partial charge is 0.338 e. The highest BCUT2D eigenvalue weighted by atomic mass is 16.6. The fraction of sp³-hybridized carbons (Fsp3) is 0.182. The molecule has 20 heavy (non-hydrogen) atoms. The van der Waals surface area contributed by atoms with Crippen LogP contribution in [0, 0.1) is 10.1 Å². The first-order chi connectivity index (χ1) is 9.43. The Hall–Kier alpha value is -2.97. The van der Waals surface area contributed by atoms with Gasteiger partial charge in [-0.25, -0.2) is 9.59 Å². The third-order valence-corrected chi connectivity index (χ3v) is 2.11. The zero-order valence-electron chi connectivity index (χ0n) is 10.4. The lowest BCUT2D eigenvalue weighted by Gasteiger charge is -2.05. The predicted octanol–water partition coefficient (Wildman–Crippen LogP) is 0.207. The second-order valence-corrected chi connectivity index (χ2v) is 3.51. The number of nitro benzene ring substituents is 1. The summed E-state index contributed by atoms with van der Waals surface area (Å²) in [6.45, 7) is -0.672. The number of nitro groups is 1. The van der Waals surface area contributed by atoms with Gasteiger partial charge >= 0.3 is 12.0 Å². The van der Waals surface area contributed by atoms with E-state index in [0.717, 1.165) is 6.07 Å². The largest absolute Gasteiger partial charge is 0.452 e. The minimum Gasteiger partial charge on any atom is -0.452 e. The van der Waals surface area contributed by atoms with Crippen molar-refractivity contribution in [2.45, 2.75) is 0 Å². The summed E-state index contributed by atoms with van der Waals surface area (Å²) in [5.74, 6) is -1.72. The van der Waals surface area contributed by atoms with Crippen LogP contribution in [-0.2, 0) is 9.53 Å². The number of esters is 1. The number of carbonyl (C=O) groups excluding carboxylic acids is 3. The Morgan fingerprint density at radius 3 is 2.65 bits per heavy atom. The summed E-state index contributed by atoms with van der Waals surface area (Å²) in [6, 6.07) is 4.14. The maximum absolute atomic E-state index is 11.6. The molecule has 106 valence electrons. The minimum absolute atomic E-state index is 0.0630. The molecule has 2 N–H and O–H groups in total. The van der Waals surface area contributed by atoms with Gasteiger partial charge in [0.1, 0.15) is 0 Å². The molecule has 0 aliphatic heterocycles. The third kappa shape index (κ3) is 4.37. The van der Waals surface area contributed by atoms with Gasteiger partial charge in [0.15, 0.2) is 6.61 Å². The first kappa shape index (κ1) is 15.1. The van der Waals surface area contributed by atoms with Crippen LogP contribution in [0.3, 0.4) is 0 Å². The summed E-state index contributed by atoms with van der Waals surface area (Å²) in [5, 5.41) is 14.6. The third-order valence-electron chi connectivity index (χ3n) is 2.11. The molecule has 1 aromatic carbocycles. The fourth-order valence-electron chi connectivity index (χ4n) is 1.19. The predicted molar refractivity (Wildman–Crippen MR) is 66.0 cm³/mol. The maximum atomic E-state index is 11.6. The van der Waals surface area contributed by atoms with E-state index < -0.39 is 29.4 Å². The minimum atomic E-state index is -0.902. The van der Waals surface area contributed by atoms with Gasteiger partial charge in [0, 0.05) is 19.2 Å². The van der Waals surface area contributed by atoms with Crippen LogP contribution in [0.5, 0.6) is 0 Å². The van der Waals surface area contributed by atoms with E-state index in [9.17, 15) is 24.5 Å². The molecule has 0 unspecified atom stereocenters. The van der Waals surface area contributed by atoms with Gasteiger partial charge in [0.25, 0.3) is 11.6 Å². The molecular weight excluding hydrogens is 270 g/mol. The molecule has 1 rings (SSSR count). The molecule has 0 aliphatic carbocycles. The SMILES string of the molecule is CNC(=O)NC(=O)COC(=O)c1cccc([N+](=O)[O-])c1. The van der Waals surface area contributed by atoms with Crippen LogP contribution in [0.1, 0.15) is 10.4 Å². The number of amides is 3. The van der Waals surface area contributed by atoms with Gasteiger partial charge in [-0.2, -0.15) is 0 Å². The van der Waals surface area contributed by atoms with Crippen molar-refractivity contribution in [1.29, 1.82) is 0 Å². The normalized spacial score (nSPS) is 9.45. The van der Waals surface area contributed by atoms with E-state index in [1.807, 2.05) is 5.32 Å². The lowest BCUT2D eigenvalue weighted by molar-refractivity contribution is -0.384. The van der Waals surface area contributed by atoms with Crippen molar-refractivity contribution in [3.63, 3.8) is 0 Å². The summed E-state index contributed by atoms with van der Waals surface area (Å²) < 4.78 is 4.62. The number of carbonyl (C=O) groups is 3. The monoisotopic (exact) mass is 281 g/mol. The van der Waals surface area contributed by atoms with Gasteiger partial charge in [-0.15, -0.1) is 0 Å². The van der Waals surface area contributed by atoms with E-state index in [0.29, 0.717) is 0 Å². The van der Waals surface area contributed by atoms with E-state index in [2.05, 4.69) is 10.1 Å². The average molecular weight is 281 g/mol. The number of nitrogens with one attached hydrogen (secondary N) is 2. The second-order valence-electron chi connectivity index (χ2n) is 3.51. The lowest BCUT2D eigenvalue weighted by atomic mass is 10.2. The summed E-state index contributed by atoms with van der Waals surface area (Å²) in [5.41, 5.74) is -0.332. The van der Waals surface area contributed by atoms with E-state index in [1.54, 1.807) is 0 Å². The molecule has 0 radical (unpaired) electrons. The molecular formula is C11H11N3O6. The standard InChI is InChI=1S/C11H11N3O6/c1-12-11(17)13-9(15)6-20-10(16)7-3-2-4-8(5-7)14(18)19/h2-5H,6H2,1H3,(H2,12,13,15,17). The molecule has 0 spiro atoms. The Kier molecular flexibility index (Phi) is 5.15. The number of imide groups is 1. The van der Waals surface area contributed by atoms with Crippen molar-refractivity contribution in [2.75, 3.05) is 13.7 Å². The molecule has 0 bridgehead atoms. The van der Waals surface area contributed by atoms with Crippen LogP contribution in [0.15, 0.2) is 24.3 Å². The second kappa shape index (κ2) is 6.83. The van der Waals surface area contributed by atoms with Crippen LogP contribution in [0.25, 0.3) is 0 Å². The van der Waals surface area contributed by atoms with Crippen molar-refractivity contribution in [3.8, 4) is 0 Å². The van der Waals surface area contributed by atoms with E-state index in [1.165, 1.54) is 25.2 Å². The Bertz CT molecular complexity index is 557. The van der Waals surface area contributed by atoms with Crippen molar-refractivity contribution in [1.82, 2.24) is 10.6 Å². The summed E-state index contributed by atoms with van der Waals surface area (Å²) in [7, 11) is 1.32. The Morgan fingerprint density at radius 2 is 2.05 bits per heavy atom. The summed E-state index contributed by atoms with van der Waals surface area (Å²) in [6.07, 6.45) is 0. The first-order valence-corrected chi connectivity index (χ1v) is 5.37. The van der Waals surface area contributed by atoms with E-state index in [4.69, 9.17) is 0 Å². The Morgan fingerprint density at radius 1 is 1.35 bits per heavy atom. The lowest BCUT2D eigenvalue weighted by Crippen LogP contribution is -2.39. The summed E-state index contributed by atoms with van der Waals surface area (Å²) >= 11 is 0. The van der Waals surface area contributed by atoms with Gasteiger partial charge < -0.3 is 10.1 Å². The van der Waals surface area contributed by atoms with Gasteiger partial charge in [0.05, 0.1) is 10.5 Å². The number of rotatable bonds is 4.